The maximum atomic E-state index is 13.7. The van der Waals surface area contributed by atoms with Crippen molar-refractivity contribution in [2.24, 2.45) is 5.41 Å². The summed E-state index contributed by atoms with van der Waals surface area (Å²) < 4.78 is 10.3. The second-order valence-corrected chi connectivity index (χ2v) is 15.1. The largest absolute Gasteiger partial charge is 0.453 e. The van der Waals surface area contributed by atoms with Gasteiger partial charge >= 0.3 is 12.2 Å². The Balaban J connectivity index is 1.91. The van der Waals surface area contributed by atoms with E-state index < -0.39 is 47.3 Å². The molecule has 0 radical (unpaired) electrons. The summed E-state index contributed by atoms with van der Waals surface area (Å²) in [5.74, 6) is -0.0367. The van der Waals surface area contributed by atoms with Crippen LogP contribution < -0.4 is 16.1 Å². The maximum Gasteiger partial charge on any atom is 0.407 e. The van der Waals surface area contributed by atoms with Crippen LogP contribution in [0.2, 0.25) is 0 Å². The number of alkyl carbamates (subject to hydrolysis) is 2. The van der Waals surface area contributed by atoms with Gasteiger partial charge in [0, 0.05) is 18.7 Å². The molecule has 3 amide bonds. The van der Waals surface area contributed by atoms with Crippen LogP contribution in [0.4, 0.5) is 9.59 Å². The number of aromatic nitrogens is 4. The Kier molecular flexibility index (Phi) is 12.9. The summed E-state index contributed by atoms with van der Waals surface area (Å²) in [6.45, 7) is 16.8. The van der Waals surface area contributed by atoms with E-state index in [1.807, 2.05) is 96.1 Å². The van der Waals surface area contributed by atoms with Gasteiger partial charge < -0.3 is 25.2 Å². The van der Waals surface area contributed by atoms with E-state index in [1.165, 1.54) is 7.11 Å². The van der Waals surface area contributed by atoms with E-state index >= 15 is 0 Å². The lowest BCUT2D eigenvalue weighted by Gasteiger charge is -2.34. The molecule has 0 bridgehead atoms. The summed E-state index contributed by atoms with van der Waals surface area (Å²) in [6, 6.07) is 15.1. The lowest BCUT2D eigenvalue weighted by atomic mass is 9.86. The average Bonchev–Trinajstić information content (AvgIpc) is 3.50. The van der Waals surface area contributed by atoms with Crippen LogP contribution in [0.15, 0.2) is 54.6 Å². The molecule has 14 heteroatoms. The van der Waals surface area contributed by atoms with Crippen LogP contribution in [0.1, 0.15) is 73.4 Å². The van der Waals surface area contributed by atoms with Crippen LogP contribution in [0.25, 0.3) is 11.4 Å². The van der Waals surface area contributed by atoms with E-state index in [1.54, 1.807) is 30.6 Å². The van der Waals surface area contributed by atoms with Crippen molar-refractivity contribution in [1.29, 1.82) is 0 Å². The van der Waals surface area contributed by atoms with E-state index in [4.69, 9.17) is 9.47 Å². The third-order valence-electron chi connectivity index (χ3n) is 7.32. The summed E-state index contributed by atoms with van der Waals surface area (Å²) in [4.78, 5) is 40.3. The lowest BCUT2D eigenvalue weighted by molar-refractivity contribution is -0.131. The topological polar surface area (TPSA) is 173 Å². The molecule has 0 spiro atoms. The Bertz CT molecular complexity index is 1520. The molecule has 0 saturated carbocycles. The van der Waals surface area contributed by atoms with Crippen LogP contribution in [-0.2, 0) is 32.8 Å². The van der Waals surface area contributed by atoms with Gasteiger partial charge in [-0.25, -0.2) is 14.6 Å². The number of benzene rings is 2. The summed E-state index contributed by atoms with van der Waals surface area (Å²) in [7, 11) is 1.23. The minimum Gasteiger partial charge on any atom is -0.453 e. The minimum absolute atomic E-state index is 0.0860. The lowest BCUT2D eigenvalue weighted by Crippen LogP contribution is -2.59. The zero-order valence-electron chi connectivity index (χ0n) is 30.3. The highest BCUT2D eigenvalue weighted by molar-refractivity contribution is 5.86. The standard InChI is InChI=1S/C35H52N8O6/c1-33(2,3)28(37-31(46)48-10)30(45)40-42(21-24-16-18-25(19-17-24)29-38-41-43(39-29)34(4,5)6)22-27(44)26(20-23-14-12-11-13-15-23)36-32(47)49-35(7,8)9/h11-19,26-28,44H,20-22H2,1-10H3,(H,36,47)(H,37,46)(H,40,45)/t26-,27-,28+/m0/s1. The number of tetrazole rings is 1. The van der Waals surface area contributed by atoms with Gasteiger partial charge in [0.2, 0.25) is 5.82 Å². The molecule has 0 aliphatic heterocycles. The van der Waals surface area contributed by atoms with Gasteiger partial charge in [-0.3, -0.25) is 10.2 Å². The third kappa shape index (κ3) is 12.4. The number of aliphatic hydroxyl groups excluding tert-OH is 1. The number of hydrogen-bond donors (Lipinski definition) is 4. The van der Waals surface area contributed by atoms with Crippen LogP contribution in [0.5, 0.6) is 0 Å². The fourth-order valence-electron chi connectivity index (χ4n) is 4.78. The van der Waals surface area contributed by atoms with Crippen LogP contribution in [0, 0.1) is 5.41 Å². The van der Waals surface area contributed by atoms with Crippen molar-refractivity contribution in [3.8, 4) is 11.4 Å². The van der Waals surface area contributed by atoms with Crippen LogP contribution >= 0.6 is 0 Å². The summed E-state index contributed by atoms with van der Waals surface area (Å²) in [5.41, 5.74) is 3.58. The molecule has 0 saturated heterocycles. The number of aliphatic hydroxyl groups is 1. The van der Waals surface area contributed by atoms with E-state index in [2.05, 4.69) is 31.5 Å². The molecule has 0 fully saturated rings. The second-order valence-electron chi connectivity index (χ2n) is 15.1. The number of hydrazine groups is 1. The first-order valence-corrected chi connectivity index (χ1v) is 16.3. The van der Waals surface area contributed by atoms with Gasteiger partial charge in [-0.15, -0.1) is 10.2 Å². The van der Waals surface area contributed by atoms with E-state index in [9.17, 15) is 19.5 Å². The molecule has 1 aromatic heterocycles. The predicted octanol–water partition coefficient (Wildman–Crippen LogP) is 4.20. The Labute approximate surface area is 288 Å². The van der Waals surface area contributed by atoms with Crippen LogP contribution in [0.3, 0.4) is 0 Å². The smallest absolute Gasteiger partial charge is 0.407 e. The number of rotatable bonds is 12. The SMILES string of the molecule is COC(=O)N[C@H](C(=O)NN(Cc1ccc(-c2nnn(C(C)(C)C)n2)cc1)C[C@H](O)[C@H](Cc1ccccc1)NC(=O)OC(C)(C)C)C(C)(C)C. The highest BCUT2D eigenvalue weighted by atomic mass is 16.6. The fourth-order valence-corrected chi connectivity index (χ4v) is 4.78. The third-order valence-corrected chi connectivity index (χ3v) is 7.32. The first-order chi connectivity index (χ1) is 22.7. The van der Waals surface area contributed by atoms with Gasteiger partial charge in [0.15, 0.2) is 0 Å². The van der Waals surface area contributed by atoms with Gasteiger partial charge in [-0.1, -0.05) is 75.4 Å². The molecule has 3 atom stereocenters. The minimum atomic E-state index is -1.16. The molecule has 3 rings (SSSR count). The number of carbonyl (C=O) groups excluding carboxylic acids is 3. The Morgan fingerprint density at radius 1 is 0.878 bits per heavy atom. The first kappa shape index (κ1) is 38.9. The van der Waals surface area contributed by atoms with E-state index in [-0.39, 0.29) is 18.6 Å². The highest BCUT2D eigenvalue weighted by Crippen LogP contribution is 2.21. The summed E-state index contributed by atoms with van der Waals surface area (Å²) in [6.07, 6.45) is -2.29. The molecule has 14 nitrogen and oxygen atoms in total. The zero-order chi connectivity index (χ0) is 36.6. The number of amides is 3. The quantitative estimate of drug-likeness (QED) is 0.203. The fraction of sp³-hybridized carbons (Fsp3) is 0.543. The number of methoxy groups -OCH3 is 1. The number of nitrogens with one attached hydrogen (secondary N) is 3. The predicted molar refractivity (Wildman–Crippen MR) is 185 cm³/mol. The van der Waals surface area contributed by atoms with Gasteiger partial charge in [-0.05, 0) is 69.7 Å². The first-order valence-electron chi connectivity index (χ1n) is 16.3. The molecular weight excluding hydrogens is 628 g/mol. The molecule has 2 aromatic carbocycles. The van der Waals surface area contributed by atoms with E-state index in [0.717, 1.165) is 16.7 Å². The molecule has 268 valence electrons. The Hall–Kier alpha value is -4.56. The van der Waals surface area contributed by atoms with Gasteiger partial charge in [0.1, 0.15) is 11.6 Å². The highest BCUT2D eigenvalue weighted by Gasteiger charge is 2.35. The molecule has 0 aliphatic carbocycles. The molecule has 49 heavy (non-hydrogen) atoms. The number of hydrogen-bond acceptors (Lipinski definition) is 10. The van der Waals surface area contributed by atoms with E-state index in [0.29, 0.717) is 12.2 Å². The zero-order valence-corrected chi connectivity index (χ0v) is 30.3. The average molecular weight is 681 g/mol. The summed E-state index contributed by atoms with van der Waals surface area (Å²) >= 11 is 0. The van der Waals surface area contributed by atoms with Crippen molar-refractivity contribution in [1.82, 2.24) is 41.3 Å². The normalized spacial score (nSPS) is 14.0. The molecule has 4 N–H and O–H groups in total. The Morgan fingerprint density at radius 3 is 2.04 bits per heavy atom. The maximum absolute atomic E-state index is 13.7. The number of carbonyl (C=O) groups is 3. The molecular formula is C35H52N8O6. The van der Waals surface area contributed by atoms with Crippen molar-refractivity contribution in [2.45, 2.75) is 105 Å². The Morgan fingerprint density at radius 2 is 1.51 bits per heavy atom. The van der Waals surface area contributed by atoms with Crippen molar-refractivity contribution in [3.63, 3.8) is 0 Å². The second kappa shape index (κ2) is 16.2. The summed E-state index contributed by atoms with van der Waals surface area (Å²) in [5, 5.41) is 31.5. The van der Waals surface area contributed by atoms with Crippen molar-refractivity contribution in [2.75, 3.05) is 13.7 Å². The molecule has 3 aromatic rings. The van der Waals surface area contributed by atoms with Crippen molar-refractivity contribution < 1.29 is 29.0 Å². The number of ether oxygens (including phenoxy) is 2. The van der Waals surface area contributed by atoms with Gasteiger partial charge in [0.05, 0.1) is 24.8 Å². The monoisotopic (exact) mass is 680 g/mol. The molecule has 0 unspecified atom stereocenters. The van der Waals surface area contributed by atoms with Gasteiger partial charge in [0.25, 0.3) is 5.91 Å². The van der Waals surface area contributed by atoms with Crippen LogP contribution in [-0.4, -0.2) is 85.9 Å². The number of nitrogens with zero attached hydrogens (tertiary/aromatic N) is 5. The van der Waals surface area contributed by atoms with Crippen molar-refractivity contribution in [3.05, 3.63) is 65.7 Å². The molecule has 1 heterocycles. The van der Waals surface area contributed by atoms with Gasteiger partial charge in [-0.2, -0.15) is 4.80 Å². The van der Waals surface area contributed by atoms with Crippen molar-refractivity contribution >= 4 is 18.1 Å². The molecule has 0 aliphatic rings.